The van der Waals surface area contributed by atoms with Gasteiger partial charge in [-0.1, -0.05) is 31.9 Å². The van der Waals surface area contributed by atoms with Gasteiger partial charge in [-0.05, 0) is 36.6 Å². The fourth-order valence-corrected chi connectivity index (χ4v) is 1.98. The van der Waals surface area contributed by atoms with Crippen LogP contribution in [-0.2, 0) is 14.3 Å². The molecule has 0 fully saturated rings. The van der Waals surface area contributed by atoms with E-state index >= 15 is 0 Å². The zero-order valence-corrected chi connectivity index (χ0v) is 14.1. The molecule has 0 aliphatic carbocycles. The van der Waals surface area contributed by atoms with Crippen molar-refractivity contribution < 1.29 is 19.1 Å². The average Bonchev–Trinajstić information content (AvgIpc) is 2.52. The molecule has 0 aliphatic rings. The Bertz CT molecular complexity index is 533. The predicted molar refractivity (Wildman–Crippen MR) is 85.1 cm³/mol. The number of methoxy groups -OCH3 is 1. The van der Waals surface area contributed by atoms with Gasteiger partial charge in [0, 0.05) is 5.02 Å². The molecule has 0 bridgehead atoms. The van der Waals surface area contributed by atoms with Crippen molar-refractivity contribution in [2.45, 2.75) is 33.2 Å². The van der Waals surface area contributed by atoms with Gasteiger partial charge in [0.05, 0.1) is 7.11 Å². The molecule has 122 valence electrons. The maximum atomic E-state index is 11.9. The molecule has 0 aliphatic heterocycles. The number of carbonyl (C=O) groups excluding carboxylic acids is 2. The molecule has 1 aromatic rings. The third-order valence-corrected chi connectivity index (χ3v) is 3.91. The first-order valence-corrected chi connectivity index (χ1v) is 7.53. The summed E-state index contributed by atoms with van der Waals surface area (Å²) in [5.41, 5.74) is 0.867. The van der Waals surface area contributed by atoms with Crippen molar-refractivity contribution in [1.29, 1.82) is 0 Å². The first-order chi connectivity index (χ1) is 10.4. The Morgan fingerprint density at radius 2 is 2.05 bits per heavy atom. The van der Waals surface area contributed by atoms with E-state index in [1.165, 1.54) is 7.11 Å². The van der Waals surface area contributed by atoms with Crippen molar-refractivity contribution in [3.05, 3.63) is 28.8 Å². The van der Waals surface area contributed by atoms with Gasteiger partial charge >= 0.3 is 5.97 Å². The lowest BCUT2D eigenvalue weighted by atomic mass is 9.99. The Morgan fingerprint density at radius 3 is 2.59 bits per heavy atom. The van der Waals surface area contributed by atoms with E-state index in [1.807, 2.05) is 20.8 Å². The van der Waals surface area contributed by atoms with E-state index in [-0.39, 0.29) is 18.4 Å². The van der Waals surface area contributed by atoms with Gasteiger partial charge in [0.15, 0.2) is 6.61 Å². The van der Waals surface area contributed by atoms with Crippen LogP contribution in [0.5, 0.6) is 5.75 Å². The Hall–Kier alpha value is -1.75. The molecule has 1 aromatic carbocycles. The summed E-state index contributed by atoms with van der Waals surface area (Å²) in [5, 5.41) is 3.29. The molecule has 1 rings (SSSR count). The summed E-state index contributed by atoms with van der Waals surface area (Å²) < 4.78 is 10.1. The van der Waals surface area contributed by atoms with E-state index in [0.717, 1.165) is 12.0 Å². The van der Waals surface area contributed by atoms with Crippen molar-refractivity contribution in [2.75, 3.05) is 13.7 Å². The second-order valence-corrected chi connectivity index (χ2v) is 5.56. The minimum Gasteiger partial charge on any atom is -0.484 e. The van der Waals surface area contributed by atoms with Crippen LogP contribution in [0.2, 0.25) is 5.02 Å². The number of benzene rings is 1. The highest BCUT2D eigenvalue weighted by molar-refractivity contribution is 6.31. The molecule has 2 unspecified atom stereocenters. The van der Waals surface area contributed by atoms with E-state index in [4.69, 9.17) is 21.1 Å². The Morgan fingerprint density at radius 1 is 1.36 bits per heavy atom. The lowest BCUT2D eigenvalue weighted by Gasteiger charge is -2.21. The first-order valence-electron chi connectivity index (χ1n) is 7.15. The zero-order chi connectivity index (χ0) is 16.7. The monoisotopic (exact) mass is 327 g/mol. The molecule has 1 amide bonds. The average molecular weight is 328 g/mol. The van der Waals surface area contributed by atoms with Crippen molar-refractivity contribution in [2.24, 2.45) is 5.92 Å². The molecule has 6 heteroatoms. The summed E-state index contributed by atoms with van der Waals surface area (Å²) in [6, 6.07) is 4.48. The van der Waals surface area contributed by atoms with Crippen LogP contribution in [0.25, 0.3) is 0 Å². The zero-order valence-electron chi connectivity index (χ0n) is 13.3. The topological polar surface area (TPSA) is 64.6 Å². The van der Waals surface area contributed by atoms with Crippen LogP contribution in [0.4, 0.5) is 0 Å². The molecule has 0 aromatic heterocycles. The largest absolute Gasteiger partial charge is 0.484 e. The number of carbonyl (C=O) groups is 2. The van der Waals surface area contributed by atoms with Crippen LogP contribution in [0.1, 0.15) is 25.8 Å². The predicted octanol–water partition coefficient (Wildman–Crippen LogP) is 2.73. The lowest BCUT2D eigenvalue weighted by Crippen LogP contribution is -2.47. The summed E-state index contributed by atoms with van der Waals surface area (Å²) in [4.78, 5) is 23.7. The number of halogens is 1. The minimum atomic E-state index is -0.668. The van der Waals surface area contributed by atoms with Crippen LogP contribution in [0, 0.1) is 12.8 Å². The van der Waals surface area contributed by atoms with Crippen LogP contribution >= 0.6 is 11.6 Å². The maximum absolute atomic E-state index is 11.9. The number of ether oxygens (including phenoxy) is 2. The number of hydrogen-bond donors (Lipinski definition) is 1. The fourth-order valence-electron chi connectivity index (χ4n) is 1.87. The molecule has 0 spiro atoms. The van der Waals surface area contributed by atoms with E-state index in [0.29, 0.717) is 10.8 Å². The SMILES string of the molecule is CCC(C)C(NC(=O)COc1ccc(Cl)c(C)c1)C(=O)OC. The summed E-state index contributed by atoms with van der Waals surface area (Å²) in [5.74, 6) is -0.294. The van der Waals surface area contributed by atoms with Gasteiger partial charge in [-0.15, -0.1) is 0 Å². The van der Waals surface area contributed by atoms with Crippen molar-refractivity contribution in [3.8, 4) is 5.75 Å². The van der Waals surface area contributed by atoms with Crippen LogP contribution < -0.4 is 10.1 Å². The van der Waals surface area contributed by atoms with E-state index in [9.17, 15) is 9.59 Å². The molecule has 0 saturated heterocycles. The van der Waals surface area contributed by atoms with E-state index < -0.39 is 12.0 Å². The second kappa shape index (κ2) is 8.63. The standard InChI is InChI=1S/C16H22ClNO4/c1-5-10(2)15(16(20)21-4)18-14(19)9-22-12-6-7-13(17)11(3)8-12/h6-8,10,15H,5,9H2,1-4H3,(H,18,19). The van der Waals surface area contributed by atoms with Gasteiger partial charge in [0.25, 0.3) is 5.91 Å². The molecule has 5 nitrogen and oxygen atoms in total. The number of aryl methyl sites for hydroxylation is 1. The van der Waals surface area contributed by atoms with Gasteiger partial charge in [0.2, 0.25) is 0 Å². The van der Waals surface area contributed by atoms with Crippen LogP contribution in [0.3, 0.4) is 0 Å². The Kier molecular flexibility index (Phi) is 7.18. The quantitative estimate of drug-likeness (QED) is 0.782. The van der Waals surface area contributed by atoms with E-state index in [1.54, 1.807) is 18.2 Å². The van der Waals surface area contributed by atoms with Crippen LogP contribution in [-0.4, -0.2) is 31.6 Å². The van der Waals surface area contributed by atoms with Crippen molar-refractivity contribution in [3.63, 3.8) is 0 Å². The van der Waals surface area contributed by atoms with Gasteiger partial charge < -0.3 is 14.8 Å². The third-order valence-electron chi connectivity index (χ3n) is 3.48. The summed E-state index contributed by atoms with van der Waals surface area (Å²) in [6.45, 7) is 5.50. The maximum Gasteiger partial charge on any atom is 0.328 e. The van der Waals surface area contributed by atoms with Gasteiger partial charge in [0.1, 0.15) is 11.8 Å². The molecular formula is C16H22ClNO4. The Labute approximate surface area is 135 Å². The lowest BCUT2D eigenvalue weighted by molar-refractivity contribution is -0.146. The fraction of sp³-hybridized carbons (Fsp3) is 0.500. The van der Waals surface area contributed by atoms with Gasteiger partial charge in [-0.3, -0.25) is 4.79 Å². The van der Waals surface area contributed by atoms with E-state index in [2.05, 4.69) is 5.32 Å². The molecule has 0 saturated carbocycles. The summed E-state index contributed by atoms with van der Waals surface area (Å²) in [7, 11) is 1.30. The number of amides is 1. The van der Waals surface area contributed by atoms with Crippen LogP contribution in [0.15, 0.2) is 18.2 Å². The highest BCUT2D eigenvalue weighted by Gasteiger charge is 2.26. The van der Waals surface area contributed by atoms with Crippen molar-refractivity contribution >= 4 is 23.5 Å². The van der Waals surface area contributed by atoms with Gasteiger partial charge in [-0.2, -0.15) is 0 Å². The highest BCUT2D eigenvalue weighted by atomic mass is 35.5. The molecule has 2 atom stereocenters. The highest BCUT2D eigenvalue weighted by Crippen LogP contribution is 2.20. The number of esters is 1. The minimum absolute atomic E-state index is 0.0193. The number of nitrogens with one attached hydrogen (secondary N) is 1. The summed E-state index contributed by atoms with van der Waals surface area (Å²) in [6.07, 6.45) is 0.747. The summed E-state index contributed by atoms with van der Waals surface area (Å²) >= 11 is 5.93. The number of hydrogen-bond acceptors (Lipinski definition) is 4. The Balaban J connectivity index is 2.60. The second-order valence-electron chi connectivity index (χ2n) is 5.15. The molecule has 22 heavy (non-hydrogen) atoms. The normalized spacial score (nSPS) is 13.1. The molecule has 0 heterocycles. The first kappa shape index (κ1) is 18.3. The molecular weight excluding hydrogens is 306 g/mol. The number of rotatable bonds is 7. The smallest absolute Gasteiger partial charge is 0.328 e. The van der Waals surface area contributed by atoms with Crippen molar-refractivity contribution in [1.82, 2.24) is 5.32 Å². The third kappa shape index (κ3) is 5.22. The molecule has 1 N–H and O–H groups in total. The molecule has 0 radical (unpaired) electrons. The van der Waals surface area contributed by atoms with Gasteiger partial charge in [-0.25, -0.2) is 4.79 Å².